The minimum absolute atomic E-state index is 1.02. The molecule has 0 spiro atoms. The van der Waals surface area contributed by atoms with Crippen molar-refractivity contribution in [3.63, 3.8) is 0 Å². The highest BCUT2D eigenvalue weighted by molar-refractivity contribution is 9.11. The third-order valence-corrected chi connectivity index (χ3v) is 2.80. The van der Waals surface area contributed by atoms with Crippen molar-refractivity contribution in [1.82, 2.24) is 10.2 Å². The first kappa shape index (κ1) is 10.5. The first-order valence-electron chi connectivity index (χ1n) is 4.40. The highest BCUT2D eigenvalue weighted by Crippen LogP contribution is 2.18. The molecule has 2 nitrogen and oxygen atoms in total. The monoisotopic (exact) mass is 242 g/mol. The van der Waals surface area contributed by atoms with Gasteiger partial charge in [0.05, 0.1) is 5.70 Å². The number of nitrogens with one attached hydrogen (secondary N) is 1. The topological polar surface area (TPSA) is 15.3 Å². The summed E-state index contributed by atoms with van der Waals surface area (Å²) in [6, 6.07) is 0. The largest absolute Gasteiger partial charge is 0.368 e. The molecular formula is C10H15BrN2. The minimum Gasteiger partial charge on any atom is -0.368 e. The third-order valence-electron chi connectivity index (χ3n) is 2.07. The van der Waals surface area contributed by atoms with Gasteiger partial charge >= 0.3 is 0 Å². The van der Waals surface area contributed by atoms with Crippen LogP contribution in [0.25, 0.3) is 0 Å². The van der Waals surface area contributed by atoms with E-state index in [2.05, 4.69) is 39.3 Å². The number of rotatable bonds is 3. The molecule has 72 valence electrons. The van der Waals surface area contributed by atoms with Gasteiger partial charge in [-0.2, -0.15) is 0 Å². The summed E-state index contributed by atoms with van der Waals surface area (Å²) in [6.07, 6.45) is 3.68. The van der Waals surface area contributed by atoms with E-state index in [0.29, 0.717) is 0 Å². The lowest BCUT2D eigenvalue weighted by Gasteiger charge is -2.30. The summed E-state index contributed by atoms with van der Waals surface area (Å²) in [7, 11) is 0. The van der Waals surface area contributed by atoms with Gasteiger partial charge in [-0.05, 0) is 22.0 Å². The highest BCUT2D eigenvalue weighted by atomic mass is 79.9. The van der Waals surface area contributed by atoms with Crippen molar-refractivity contribution in [3.05, 3.63) is 35.5 Å². The Morgan fingerprint density at radius 2 is 1.85 bits per heavy atom. The van der Waals surface area contributed by atoms with Crippen molar-refractivity contribution in [2.45, 2.75) is 0 Å². The van der Waals surface area contributed by atoms with Crippen LogP contribution in [0.5, 0.6) is 0 Å². The van der Waals surface area contributed by atoms with Crippen LogP contribution < -0.4 is 5.32 Å². The van der Waals surface area contributed by atoms with Gasteiger partial charge in [0, 0.05) is 30.7 Å². The van der Waals surface area contributed by atoms with Crippen LogP contribution in [0, 0.1) is 0 Å². The molecule has 0 amide bonds. The standard InChI is InChI=1S/C10H15BrN2/c1-3-9(11)10(4-2)13-7-5-12-6-8-13/h3-4,12H,1-2,5-8H2. The maximum absolute atomic E-state index is 3.81. The molecule has 1 aliphatic heterocycles. The summed E-state index contributed by atoms with van der Waals surface area (Å²) in [5.74, 6) is 0. The Labute approximate surface area is 88.1 Å². The molecule has 0 aromatic carbocycles. The Morgan fingerprint density at radius 1 is 1.23 bits per heavy atom. The lowest BCUT2D eigenvalue weighted by Crippen LogP contribution is -2.42. The lowest BCUT2D eigenvalue weighted by molar-refractivity contribution is 0.307. The predicted octanol–water partition coefficient (Wildman–Crippen LogP) is 1.87. The van der Waals surface area contributed by atoms with Crippen LogP contribution in [0.15, 0.2) is 35.5 Å². The van der Waals surface area contributed by atoms with Crippen LogP contribution in [0.1, 0.15) is 0 Å². The van der Waals surface area contributed by atoms with Crippen molar-refractivity contribution >= 4 is 15.9 Å². The van der Waals surface area contributed by atoms with Crippen LogP contribution in [-0.4, -0.2) is 31.1 Å². The zero-order valence-corrected chi connectivity index (χ0v) is 9.31. The summed E-state index contributed by atoms with van der Waals surface area (Å²) in [6.45, 7) is 11.7. The Kier molecular flexibility index (Phi) is 4.25. The van der Waals surface area contributed by atoms with Crippen molar-refractivity contribution < 1.29 is 0 Å². The first-order valence-corrected chi connectivity index (χ1v) is 5.19. The van der Waals surface area contributed by atoms with Gasteiger partial charge in [0.15, 0.2) is 0 Å². The van der Waals surface area contributed by atoms with Gasteiger partial charge in [0.1, 0.15) is 0 Å². The van der Waals surface area contributed by atoms with Crippen molar-refractivity contribution in [2.24, 2.45) is 0 Å². The van der Waals surface area contributed by atoms with Crippen LogP contribution in [0.2, 0.25) is 0 Å². The SMILES string of the molecule is C=CC(Br)=C(C=C)N1CCNCC1. The van der Waals surface area contributed by atoms with Gasteiger partial charge in [-0.1, -0.05) is 19.2 Å². The molecule has 0 radical (unpaired) electrons. The molecule has 0 aromatic heterocycles. The molecule has 0 bridgehead atoms. The second-order valence-electron chi connectivity index (χ2n) is 2.88. The van der Waals surface area contributed by atoms with Gasteiger partial charge in [0.25, 0.3) is 0 Å². The number of halogens is 1. The van der Waals surface area contributed by atoms with E-state index < -0.39 is 0 Å². The molecule has 1 N–H and O–H groups in total. The fraction of sp³-hybridized carbons (Fsp3) is 0.400. The Morgan fingerprint density at radius 3 is 2.31 bits per heavy atom. The molecule has 1 aliphatic rings. The normalized spacial score (nSPS) is 19.3. The molecule has 3 heteroatoms. The van der Waals surface area contributed by atoms with E-state index in [-0.39, 0.29) is 0 Å². The van der Waals surface area contributed by atoms with E-state index in [4.69, 9.17) is 0 Å². The zero-order chi connectivity index (χ0) is 9.68. The molecule has 0 aromatic rings. The third kappa shape index (κ3) is 2.71. The zero-order valence-electron chi connectivity index (χ0n) is 7.72. The number of hydrogen-bond acceptors (Lipinski definition) is 2. The van der Waals surface area contributed by atoms with E-state index in [1.165, 1.54) is 0 Å². The minimum atomic E-state index is 1.02. The van der Waals surface area contributed by atoms with E-state index in [1.807, 2.05) is 6.08 Å². The summed E-state index contributed by atoms with van der Waals surface area (Å²) < 4.78 is 1.02. The van der Waals surface area contributed by atoms with Crippen LogP contribution in [0.3, 0.4) is 0 Å². The van der Waals surface area contributed by atoms with Crippen molar-refractivity contribution in [2.75, 3.05) is 26.2 Å². The Balaban J connectivity index is 2.75. The maximum atomic E-state index is 3.81. The van der Waals surface area contributed by atoms with Gasteiger partial charge in [0.2, 0.25) is 0 Å². The summed E-state index contributed by atoms with van der Waals surface area (Å²) in [4.78, 5) is 2.30. The number of allylic oxidation sites excluding steroid dienone is 3. The number of hydrogen-bond donors (Lipinski definition) is 1. The van der Waals surface area contributed by atoms with Crippen molar-refractivity contribution in [1.29, 1.82) is 0 Å². The second-order valence-corrected chi connectivity index (χ2v) is 3.73. The molecule has 1 rings (SSSR count). The van der Waals surface area contributed by atoms with Crippen LogP contribution in [-0.2, 0) is 0 Å². The number of piperazine rings is 1. The smallest absolute Gasteiger partial charge is 0.0505 e. The molecule has 1 heterocycles. The highest BCUT2D eigenvalue weighted by Gasteiger charge is 2.12. The number of nitrogens with zero attached hydrogens (tertiary/aromatic N) is 1. The molecule has 0 atom stereocenters. The maximum Gasteiger partial charge on any atom is 0.0505 e. The van der Waals surface area contributed by atoms with Crippen LogP contribution >= 0.6 is 15.9 Å². The predicted molar refractivity (Wildman–Crippen MR) is 60.8 cm³/mol. The molecule has 0 saturated carbocycles. The summed E-state index contributed by atoms with van der Waals surface area (Å²) >= 11 is 3.47. The fourth-order valence-corrected chi connectivity index (χ4v) is 1.80. The fourth-order valence-electron chi connectivity index (χ4n) is 1.39. The quantitative estimate of drug-likeness (QED) is 0.761. The molecular weight excluding hydrogens is 228 g/mol. The van der Waals surface area contributed by atoms with Crippen molar-refractivity contribution in [3.8, 4) is 0 Å². The Hall–Kier alpha value is -0.540. The molecule has 0 unspecified atom stereocenters. The Bertz CT molecular complexity index is 227. The summed E-state index contributed by atoms with van der Waals surface area (Å²) in [5.41, 5.74) is 1.14. The first-order chi connectivity index (χ1) is 6.29. The van der Waals surface area contributed by atoms with E-state index in [1.54, 1.807) is 6.08 Å². The van der Waals surface area contributed by atoms with E-state index in [9.17, 15) is 0 Å². The molecule has 1 fully saturated rings. The molecule has 0 aliphatic carbocycles. The average molecular weight is 243 g/mol. The summed E-state index contributed by atoms with van der Waals surface area (Å²) in [5, 5.41) is 3.31. The van der Waals surface area contributed by atoms with Gasteiger partial charge in [-0.15, -0.1) is 0 Å². The second kappa shape index (κ2) is 5.25. The van der Waals surface area contributed by atoms with Gasteiger partial charge in [-0.3, -0.25) is 0 Å². The van der Waals surface area contributed by atoms with E-state index in [0.717, 1.165) is 36.4 Å². The van der Waals surface area contributed by atoms with Gasteiger partial charge < -0.3 is 10.2 Å². The van der Waals surface area contributed by atoms with Gasteiger partial charge in [-0.25, -0.2) is 0 Å². The average Bonchev–Trinajstić information content (AvgIpc) is 2.20. The van der Waals surface area contributed by atoms with Crippen LogP contribution in [0.4, 0.5) is 0 Å². The lowest BCUT2D eigenvalue weighted by atomic mass is 10.3. The molecule has 13 heavy (non-hydrogen) atoms. The molecule has 1 saturated heterocycles. The van der Waals surface area contributed by atoms with E-state index >= 15 is 0 Å².